The van der Waals surface area contributed by atoms with E-state index in [1.807, 2.05) is 5.32 Å². The van der Waals surface area contributed by atoms with Crippen molar-refractivity contribution in [2.24, 2.45) is 5.41 Å². The molecule has 0 spiro atoms. The molecule has 1 aliphatic rings. The van der Waals surface area contributed by atoms with Gasteiger partial charge in [-0.2, -0.15) is 13.2 Å². The molecule has 0 bridgehead atoms. The molecule has 6 heteroatoms. The second-order valence-electron chi connectivity index (χ2n) is 4.35. The number of nitrogens with one attached hydrogen (secondary N) is 2. The maximum absolute atomic E-state index is 11.8. The van der Waals surface area contributed by atoms with Crippen LogP contribution in [-0.4, -0.2) is 31.7 Å². The van der Waals surface area contributed by atoms with Gasteiger partial charge in [0.15, 0.2) is 0 Å². The largest absolute Gasteiger partial charge is 0.405 e. The third-order valence-electron chi connectivity index (χ3n) is 2.98. The molecule has 1 saturated carbocycles. The molecule has 0 atom stereocenters. The molecule has 94 valence electrons. The highest BCUT2D eigenvalue weighted by Crippen LogP contribution is 2.47. The van der Waals surface area contributed by atoms with Gasteiger partial charge in [-0.25, -0.2) is 0 Å². The summed E-state index contributed by atoms with van der Waals surface area (Å²) in [5.74, 6) is -0.607. The Balaban J connectivity index is 2.07. The van der Waals surface area contributed by atoms with Gasteiger partial charge in [-0.1, -0.05) is 6.92 Å². The first-order chi connectivity index (χ1) is 7.37. The molecular weight excluding hydrogens is 221 g/mol. The third-order valence-corrected chi connectivity index (χ3v) is 2.98. The molecule has 1 aliphatic carbocycles. The van der Waals surface area contributed by atoms with Crippen LogP contribution in [-0.2, 0) is 4.79 Å². The summed E-state index contributed by atoms with van der Waals surface area (Å²) >= 11 is 0. The van der Waals surface area contributed by atoms with E-state index < -0.39 is 18.6 Å². The zero-order valence-corrected chi connectivity index (χ0v) is 9.28. The summed E-state index contributed by atoms with van der Waals surface area (Å²) in [5.41, 5.74) is 0.296. The van der Waals surface area contributed by atoms with E-state index in [4.69, 9.17) is 0 Å². The van der Waals surface area contributed by atoms with Crippen LogP contribution >= 0.6 is 0 Å². The first kappa shape index (κ1) is 13.3. The molecule has 3 nitrogen and oxygen atoms in total. The second kappa shape index (κ2) is 5.03. The van der Waals surface area contributed by atoms with Gasteiger partial charge in [0.1, 0.15) is 6.54 Å². The molecule has 0 aromatic heterocycles. The number of alkyl halides is 3. The van der Waals surface area contributed by atoms with E-state index in [1.54, 1.807) is 0 Å². The third kappa shape index (κ3) is 4.83. The number of amides is 1. The van der Waals surface area contributed by atoms with Gasteiger partial charge in [0, 0.05) is 6.54 Å². The summed E-state index contributed by atoms with van der Waals surface area (Å²) in [5, 5.41) is 4.72. The van der Waals surface area contributed by atoms with Crippen LogP contribution in [0.2, 0.25) is 0 Å². The Morgan fingerprint density at radius 1 is 1.38 bits per heavy atom. The lowest BCUT2D eigenvalue weighted by atomic mass is 10.0. The molecule has 0 unspecified atom stereocenters. The average Bonchev–Trinajstić information content (AvgIpc) is 2.95. The molecule has 2 N–H and O–H groups in total. The average molecular weight is 238 g/mol. The number of carbonyl (C=O) groups is 1. The fourth-order valence-corrected chi connectivity index (χ4v) is 1.53. The Labute approximate surface area is 92.8 Å². The normalized spacial score (nSPS) is 18.2. The van der Waals surface area contributed by atoms with E-state index in [9.17, 15) is 18.0 Å². The molecular formula is C10H17F3N2O. The lowest BCUT2D eigenvalue weighted by Crippen LogP contribution is -2.40. The second-order valence-corrected chi connectivity index (χ2v) is 4.35. The van der Waals surface area contributed by atoms with E-state index >= 15 is 0 Å². The van der Waals surface area contributed by atoms with Gasteiger partial charge >= 0.3 is 6.18 Å². The highest BCUT2D eigenvalue weighted by molar-refractivity contribution is 5.78. The number of hydrogen-bond acceptors (Lipinski definition) is 2. The predicted octanol–water partition coefficient (Wildman–Crippen LogP) is 1.44. The topological polar surface area (TPSA) is 41.1 Å². The maximum Gasteiger partial charge on any atom is 0.405 e. The van der Waals surface area contributed by atoms with Crippen molar-refractivity contribution in [3.63, 3.8) is 0 Å². The summed E-state index contributed by atoms with van der Waals surface area (Å²) in [4.78, 5) is 11.0. The maximum atomic E-state index is 11.8. The molecule has 0 aromatic carbocycles. The standard InChI is InChI=1S/C10H17F3N2O/c1-2-9(3-4-9)6-14-5-8(16)15-7-10(11,12)13/h14H,2-7H2,1H3,(H,15,16). The molecule has 0 heterocycles. The van der Waals surface area contributed by atoms with Gasteiger partial charge in [0.25, 0.3) is 0 Å². The van der Waals surface area contributed by atoms with Crippen LogP contribution in [0.1, 0.15) is 26.2 Å². The summed E-state index contributed by atoms with van der Waals surface area (Å²) in [6.45, 7) is 1.49. The Morgan fingerprint density at radius 2 is 2.00 bits per heavy atom. The summed E-state index contributed by atoms with van der Waals surface area (Å²) < 4.78 is 35.3. The first-order valence-corrected chi connectivity index (χ1v) is 5.41. The van der Waals surface area contributed by atoms with Crippen molar-refractivity contribution in [1.82, 2.24) is 10.6 Å². The van der Waals surface area contributed by atoms with Crippen LogP contribution in [0, 0.1) is 5.41 Å². The van der Waals surface area contributed by atoms with Gasteiger partial charge in [-0.3, -0.25) is 4.79 Å². The van der Waals surface area contributed by atoms with Gasteiger partial charge in [0.05, 0.1) is 6.54 Å². The minimum Gasteiger partial charge on any atom is -0.346 e. The van der Waals surface area contributed by atoms with Crippen LogP contribution in [0.5, 0.6) is 0 Å². The molecule has 1 fully saturated rings. The minimum absolute atomic E-state index is 0.0438. The monoisotopic (exact) mass is 238 g/mol. The van der Waals surface area contributed by atoms with E-state index in [1.165, 1.54) is 0 Å². The van der Waals surface area contributed by atoms with Crippen LogP contribution in [0.4, 0.5) is 13.2 Å². The van der Waals surface area contributed by atoms with Crippen molar-refractivity contribution in [3.8, 4) is 0 Å². The Hall–Kier alpha value is -0.780. The Morgan fingerprint density at radius 3 is 2.44 bits per heavy atom. The van der Waals surface area contributed by atoms with E-state index in [0.29, 0.717) is 12.0 Å². The van der Waals surface area contributed by atoms with Crippen LogP contribution < -0.4 is 10.6 Å². The van der Waals surface area contributed by atoms with Crippen LogP contribution in [0.25, 0.3) is 0 Å². The number of rotatable bonds is 6. The molecule has 16 heavy (non-hydrogen) atoms. The van der Waals surface area contributed by atoms with Crippen molar-refractivity contribution >= 4 is 5.91 Å². The van der Waals surface area contributed by atoms with Gasteiger partial charge in [-0.05, 0) is 24.7 Å². The van der Waals surface area contributed by atoms with Gasteiger partial charge < -0.3 is 10.6 Å². The van der Waals surface area contributed by atoms with E-state index in [-0.39, 0.29) is 6.54 Å². The van der Waals surface area contributed by atoms with Crippen LogP contribution in [0.3, 0.4) is 0 Å². The molecule has 0 aromatic rings. The van der Waals surface area contributed by atoms with Crippen molar-refractivity contribution in [3.05, 3.63) is 0 Å². The summed E-state index contributed by atoms with van der Waals surface area (Å²) in [6, 6.07) is 0. The van der Waals surface area contributed by atoms with Crippen molar-refractivity contribution in [1.29, 1.82) is 0 Å². The lowest BCUT2D eigenvalue weighted by molar-refractivity contribution is -0.137. The van der Waals surface area contributed by atoms with Crippen molar-refractivity contribution in [2.75, 3.05) is 19.6 Å². The molecule has 0 saturated heterocycles. The number of halogens is 3. The smallest absolute Gasteiger partial charge is 0.346 e. The summed E-state index contributed by atoms with van der Waals surface area (Å²) in [7, 11) is 0. The Kier molecular flexibility index (Phi) is 4.18. The fraction of sp³-hybridized carbons (Fsp3) is 0.900. The van der Waals surface area contributed by atoms with Crippen molar-refractivity contribution < 1.29 is 18.0 Å². The molecule has 1 rings (SSSR count). The van der Waals surface area contributed by atoms with E-state index in [0.717, 1.165) is 19.3 Å². The van der Waals surface area contributed by atoms with Crippen LogP contribution in [0.15, 0.2) is 0 Å². The molecule has 0 aliphatic heterocycles. The zero-order valence-electron chi connectivity index (χ0n) is 9.28. The lowest BCUT2D eigenvalue weighted by Gasteiger charge is -2.13. The summed E-state index contributed by atoms with van der Waals surface area (Å²) in [6.07, 6.45) is -1.01. The number of hydrogen-bond donors (Lipinski definition) is 2. The highest BCUT2D eigenvalue weighted by Gasteiger charge is 2.40. The SMILES string of the molecule is CCC1(CNCC(=O)NCC(F)(F)F)CC1. The molecule has 1 amide bonds. The van der Waals surface area contributed by atoms with Gasteiger partial charge in [0.2, 0.25) is 5.91 Å². The first-order valence-electron chi connectivity index (χ1n) is 5.41. The zero-order chi connectivity index (χ0) is 12.2. The Bertz CT molecular complexity index is 249. The van der Waals surface area contributed by atoms with E-state index in [2.05, 4.69) is 12.2 Å². The predicted molar refractivity (Wildman–Crippen MR) is 53.9 cm³/mol. The quantitative estimate of drug-likeness (QED) is 0.735. The van der Waals surface area contributed by atoms with Gasteiger partial charge in [-0.15, -0.1) is 0 Å². The highest BCUT2D eigenvalue weighted by atomic mass is 19.4. The van der Waals surface area contributed by atoms with Crippen molar-refractivity contribution in [2.45, 2.75) is 32.4 Å². The fourth-order valence-electron chi connectivity index (χ4n) is 1.53. The molecule has 0 radical (unpaired) electrons. The number of carbonyl (C=O) groups excluding carboxylic acids is 1. The minimum atomic E-state index is -4.34.